The monoisotopic (exact) mass is 553 g/mol. The molecule has 0 N–H and O–H groups in total. The largest absolute Gasteiger partial charge is 0.493 e. The molecule has 2 aromatic carbocycles. The molecule has 6 nitrogen and oxygen atoms in total. The molecule has 2 saturated heterocycles. The van der Waals surface area contributed by atoms with Crippen LogP contribution in [0.5, 0.6) is 5.75 Å². The van der Waals surface area contributed by atoms with Gasteiger partial charge in [0, 0.05) is 38.8 Å². The summed E-state index contributed by atoms with van der Waals surface area (Å²) in [5.74, 6) is 1.16. The predicted octanol–water partition coefficient (Wildman–Crippen LogP) is 5.40. The maximum Gasteiger partial charge on any atom is 0.227 e. The number of rotatable bonds is 12. The fourth-order valence-corrected chi connectivity index (χ4v) is 5.89. The number of carbonyl (C=O) groups is 1. The first-order valence-corrected chi connectivity index (χ1v) is 15.1. The van der Waals surface area contributed by atoms with E-state index in [0.29, 0.717) is 37.7 Å². The van der Waals surface area contributed by atoms with E-state index in [0.717, 1.165) is 75.4 Å². The molecule has 0 radical (unpaired) electrons. The van der Waals surface area contributed by atoms with Gasteiger partial charge in [-0.25, -0.2) is 4.39 Å². The predicted molar refractivity (Wildman–Crippen MR) is 158 cm³/mol. The number of hydrogen-bond acceptors (Lipinski definition) is 5. The summed E-state index contributed by atoms with van der Waals surface area (Å²) in [5, 5.41) is 0. The van der Waals surface area contributed by atoms with Crippen LogP contribution in [-0.2, 0) is 22.5 Å². The summed E-state index contributed by atoms with van der Waals surface area (Å²) in [5.41, 5.74) is 1.94. The van der Waals surface area contributed by atoms with E-state index in [1.807, 2.05) is 29.2 Å². The third-order valence-corrected chi connectivity index (χ3v) is 7.89. The summed E-state index contributed by atoms with van der Waals surface area (Å²) >= 11 is 0. The third kappa shape index (κ3) is 9.57. The van der Waals surface area contributed by atoms with Gasteiger partial charge in [0.25, 0.3) is 0 Å². The highest BCUT2D eigenvalue weighted by Crippen LogP contribution is 2.22. The normalized spacial score (nSPS) is 21.1. The summed E-state index contributed by atoms with van der Waals surface area (Å²) in [6, 6.07) is 14.6. The highest BCUT2D eigenvalue weighted by molar-refractivity contribution is 5.79. The lowest BCUT2D eigenvalue weighted by Gasteiger charge is -2.39. The molecule has 1 amide bonds. The average molecular weight is 554 g/mol. The Labute approximate surface area is 240 Å². The van der Waals surface area contributed by atoms with Crippen LogP contribution in [0.4, 0.5) is 4.39 Å². The van der Waals surface area contributed by atoms with Crippen LogP contribution in [0, 0.1) is 11.7 Å². The number of morpholine rings is 1. The van der Waals surface area contributed by atoms with Gasteiger partial charge in [-0.15, -0.1) is 0 Å². The van der Waals surface area contributed by atoms with E-state index >= 15 is 0 Å². The number of nitrogens with zero attached hydrogens (tertiary/aromatic N) is 3. The van der Waals surface area contributed by atoms with Crippen molar-refractivity contribution in [2.24, 2.45) is 5.92 Å². The summed E-state index contributed by atoms with van der Waals surface area (Å²) in [6.07, 6.45) is 4.03. The van der Waals surface area contributed by atoms with E-state index in [2.05, 4.69) is 37.5 Å². The second-order valence-electron chi connectivity index (χ2n) is 12.1. The average Bonchev–Trinajstić information content (AvgIpc) is 2.92. The van der Waals surface area contributed by atoms with Gasteiger partial charge in [-0.3, -0.25) is 9.69 Å². The van der Waals surface area contributed by atoms with Crippen molar-refractivity contribution in [3.63, 3.8) is 0 Å². The Balaban J connectivity index is 1.31. The van der Waals surface area contributed by atoms with Gasteiger partial charge in [-0.2, -0.15) is 0 Å². The van der Waals surface area contributed by atoms with Crippen LogP contribution in [0.1, 0.15) is 58.1 Å². The van der Waals surface area contributed by atoms with Crippen LogP contribution in [0.15, 0.2) is 48.5 Å². The highest BCUT2D eigenvalue weighted by atomic mass is 19.1. The summed E-state index contributed by atoms with van der Waals surface area (Å²) in [4.78, 5) is 20.8. The van der Waals surface area contributed by atoms with Crippen molar-refractivity contribution in [3.05, 3.63) is 65.5 Å². The minimum absolute atomic E-state index is 0.120. The van der Waals surface area contributed by atoms with E-state index in [1.165, 1.54) is 12.1 Å². The minimum Gasteiger partial charge on any atom is -0.493 e. The van der Waals surface area contributed by atoms with E-state index < -0.39 is 0 Å². The molecule has 2 aliphatic heterocycles. The van der Waals surface area contributed by atoms with Crippen LogP contribution >= 0.6 is 0 Å². The van der Waals surface area contributed by atoms with Gasteiger partial charge in [0.1, 0.15) is 11.6 Å². The van der Waals surface area contributed by atoms with Gasteiger partial charge in [-0.05, 0) is 87.5 Å². The van der Waals surface area contributed by atoms with Crippen molar-refractivity contribution < 1.29 is 18.7 Å². The van der Waals surface area contributed by atoms with Gasteiger partial charge in [0.05, 0.1) is 25.2 Å². The summed E-state index contributed by atoms with van der Waals surface area (Å²) < 4.78 is 25.2. The van der Waals surface area contributed by atoms with Crippen molar-refractivity contribution >= 4 is 5.91 Å². The number of halogens is 1. The van der Waals surface area contributed by atoms with Crippen LogP contribution in [-0.4, -0.2) is 84.7 Å². The SMILES string of the molecule is CC(C)COc1ccc(CC(=O)N(Cc2ccc(F)cc2)C2CCN(CCCN3CC(C)OC(C)C3)CC2)cc1. The molecule has 2 atom stereocenters. The topological polar surface area (TPSA) is 45.2 Å². The summed E-state index contributed by atoms with van der Waals surface area (Å²) in [6.45, 7) is 16.0. The second kappa shape index (κ2) is 14.9. The standard InChI is InChI=1S/C33H48FN3O3/c1-25(2)24-39-32-12-8-28(9-13-32)20-33(38)37(23-29-6-10-30(34)11-7-29)31-14-18-35(19-15-31)16-5-17-36-21-26(3)40-27(4)22-36/h6-13,25-27,31H,5,14-24H2,1-4H3. The smallest absolute Gasteiger partial charge is 0.227 e. The lowest BCUT2D eigenvalue weighted by Crippen LogP contribution is -2.48. The number of benzene rings is 2. The van der Waals surface area contributed by atoms with Gasteiger partial charge in [0.2, 0.25) is 5.91 Å². The van der Waals surface area contributed by atoms with Gasteiger partial charge < -0.3 is 19.3 Å². The Morgan fingerprint density at radius 1 is 0.950 bits per heavy atom. The maximum absolute atomic E-state index is 13.7. The van der Waals surface area contributed by atoms with Crippen molar-refractivity contribution in [1.29, 1.82) is 0 Å². The van der Waals surface area contributed by atoms with E-state index in [4.69, 9.17) is 9.47 Å². The Hall–Kier alpha value is -2.48. The molecule has 4 rings (SSSR count). The van der Waals surface area contributed by atoms with Crippen molar-refractivity contribution in [2.75, 3.05) is 45.9 Å². The Bertz CT molecular complexity index is 1030. The molecule has 2 heterocycles. The van der Waals surface area contributed by atoms with Crippen LogP contribution in [0.25, 0.3) is 0 Å². The van der Waals surface area contributed by atoms with Gasteiger partial charge in [0.15, 0.2) is 0 Å². The molecule has 7 heteroatoms. The van der Waals surface area contributed by atoms with Crippen LogP contribution < -0.4 is 4.74 Å². The number of amides is 1. The number of likely N-dealkylation sites (tertiary alicyclic amines) is 1. The zero-order chi connectivity index (χ0) is 28.5. The molecule has 220 valence electrons. The molecule has 2 unspecified atom stereocenters. The number of hydrogen-bond donors (Lipinski definition) is 0. The molecule has 2 fully saturated rings. The molecule has 0 bridgehead atoms. The lowest BCUT2D eigenvalue weighted by atomic mass is 10.0. The fraction of sp³-hybridized carbons (Fsp3) is 0.606. The molecule has 2 aromatic rings. The molecule has 0 saturated carbocycles. The molecule has 0 aromatic heterocycles. The van der Waals surface area contributed by atoms with E-state index in [1.54, 1.807) is 12.1 Å². The van der Waals surface area contributed by atoms with E-state index in [9.17, 15) is 9.18 Å². The zero-order valence-electron chi connectivity index (χ0n) is 24.9. The lowest BCUT2D eigenvalue weighted by molar-refractivity contribution is -0.134. The first-order valence-electron chi connectivity index (χ1n) is 15.1. The quantitative estimate of drug-likeness (QED) is 0.353. The van der Waals surface area contributed by atoms with Gasteiger partial charge >= 0.3 is 0 Å². The Morgan fingerprint density at radius 3 is 2.17 bits per heavy atom. The number of carbonyl (C=O) groups excluding carboxylic acids is 1. The molecule has 0 aliphatic carbocycles. The Kier molecular flexibility index (Phi) is 11.4. The molecule has 2 aliphatic rings. The summed E-state index contributed by atoms with van der Waals surface area (Å²) in [7, 11) is 0. The molecule has 40 heavy (non-hydrogen) atoms. The molecular formula is C33H48FN3O3. The highest BCUT2D eigenvalue weighted by Gasteiger charge is 2.28. The maximum atomic E-state index is 13.7. The van der Waals surface area contributed by atoms with Crippen LogP contribution in [0.2, 0.25) is 0 Å². The Morgan fingerprint density at radius 2 is 1.55 bits per heavy atom. The van der Waals surface area contributed by atoms with Crippen molar-refractivity contribution in [2.45, 2.75) is 78.2 Å². The zero-order valence-corrected chi connectivity index (χ0v) is 24.9. The molecule has 0 spiro atoms. The second-order valence-corrected chi connectivity index (χ2v) is 12.1. The fourth-order valence-electron chi connectivity index (χ4n) is 5.89. The van der Waals surface area contributed by atoms with Crippen LogP contribution in [0.3, 0.4) is 0 Å². The molecular weight excluding hydrogens is 505 g/mol. The number of ether oxygens (including phenoxy) is 2. The van der Waals surface area contributed by atoms with Crippen molar-refractivity contribution in [3.8, 4) is 5.75 Å². The third-order valence-electron chi connectivity index (χ3n) is 7.89. The first kappa shape index (κ1) is 30.5. The first-order chi connectivity index (χ1) is 19.2. The van der Waals surface area contributed by atoms with Crippen molar-refractivity contribution in [1.82, 2.24) is 14.7 Å². The van der Waals surface area contributed by atoms with E-state index in [-0.39, 0.29) is 17.8 Å². The minimum atomic E-state index is -0.254. The number of piperidine rings is 1. The van der Waals surface area contributed by atoms with Gasteiger partial charge in [-0.1, -0.05) is 38.1 Å².